The van der Waals surface area contributed by atoms with Crippen LogP contribution in [0.2, 0.25) is 0 Å². The highest BCUT2D eigenvalue weighted by Gasteiger charge is 2.21. The third-order valence-corrected chi connectivity index (χ3v) is 3.91. The molecule has 1 unspecified atom stereocenters. The van der Waals surface area contributed by atoms with Crippen LogP contribution in [0.15, 0.2) is 0 Å². The molecule has 16 heavy (non-hydrogen) atoms. The van der Waals surface area contributed by atoms with E-state index in [1.807, 2.05) is 11.8 Å². The van der Waals surface area contributed by atoms with Gasteiger partial charge in [-0.2, -0.15) is 16.9 Å². The molecule has 6 heteroatoms. The molecular weight excluding hydrogens is 224 g/mol. The Kier molecular flexibility index (Phi) is 3.38. The summed E-state index contributed by atoms with van der Waals surface area (Å²) in [6.45, 7) is 1.80. The number of aromatic amines is 1. The zero-order valence-electron chi connectivity index (χ0n) is 9.25. The summed E-state index contributed by atoms with van der Waals surface area (Å²) >= 11 is 1.88. The van der Waals surface area contributed by atoms with Crippen molar-refractivity contribution in [2.45, 2.75) is 25.8 Å². The van der Waals surface area contributed by atoms with E-state index in [1.165, 1.54) is 5.75 Å². The van der Waals surface area contributed by atoms with Crippen LogP contribution in [0.5, 0.6) is 0 Å². The Morgan fingerprint density at radius 3 is 3.06 bits per heavy atom. The van der Waals surface area contributed by atoms with Crippen molar-refractivity contribution in [3.8, 4) is 0 Å². The molecule has 0 saturated carbocycles. The minimum absolute atomic E-state index is 0.115. The topological polar surface area (TPSA) is 83.8 Å². The van der Waals surface area contributed by atoms with Crippen molar-refractivity contribution in [3.05, 3.63) is 11.3 Å². The summed E-state index contributed by atoms with van der Waals surface area (Å²) in [7, 11) is 0. The smallest absolute Gasteiger partial charge is 0.257 e. The molecule has 5 nitrogen and oxygen atoms in total. The lowest BCUT2D eigenvalue weighted by molar-refractivity contribution is 0.0939. The second kappa shape index (κ2) is 4.78. The van der Waals surface area contributed by atoms with Gasteiger partial charge >= 0.3 is 0 Å². The van der Waals surface area contributed by atoms with E-state index in [0.717, 1.165) is 24.3 Å². The first-order chi connectivity index (χ1) is 7.68. The standard InChI is InChI=1S/C10H16N4OS/c1-6-8(9(11)14-13-6)10(15)12-7-3-2-4-16-5-7/h7H,2-5H2,1H3,(H,12,15)(H3,11,13,14). The first kappa shape index (κ1) is 11.3. The van der Waals surface area contributed by atoms with Gasteiger partial charge in [-0.1, -0.05) is 0 Å². The third-order valence-electron chi connectivity index (χ3n) is 2.70. The number of hydrogen-bond acceptors (Lipinski definition) is 4. The number of carbonyl (C=O) groups excluding carboxylic acids is 1. The molecule has 2 rings (SSSR count). The molecular formula is C10H16N4OS. The van der Waals surface area contributed by atoms with Crippen molar-refractivity contribution < 1.29 is 4.79 Å². The van der Waals surface area contributed by atoms with Gasteiger partial charge in [0.15, 0.2) is 5.82 Å². The Hall–Kier alpha value is -1.17. The normalized spacial score (nSPS) is 20.7. The van der Waals surface area contributed by atoms with Crippen molar-refractivity contribution in [3.63, 3.8) is 0 Å². The van der Waals surface area contributed by atoms with Gasteiger partial charge < -0.3 is 11.1 Å². The zero-order chi connectivity index (χ0) is 11.5. The van der Waals surface area contributed by atoms with Crippen LogP contribution in [0.25, 0.3) is 0 Å². The van der Waals surface area contributed by atoms with Crippen LogP contribution >= 0.6 is 11.8 Å². The molecule has 1 aromatic heterocycles. The van der Waals surface area contributed by atoms with Crippen LogP contribution in [0.3, 0.4) is 0 Å². The van der Waals surface area contributed by atoms with Crippen molar-refractivity contribution in [1.29, 1.82) is 0 Å². The Morgan fingerprint density at radius 1 is 1.69 bits per heavy atom. The van der Waals surface area contributed by atoms with Gasteiger partial charge in [0, 0.05) is 17.5 Å². The van der Waals surface area contributed by atoms with Crippen molar-refractivity contribution in [2.24, 2.45) is 0 Å². The predicted octanol–water partition coefficient (Wildman–Crippen LogP) is 0.926. The van der Waals surface area contributed by atoms with E-state index in [2.05, 4.69) is 15.5 Å². The quantitative estimate of drug-likeness (QED) is 0.718. The maximum Gasteiger partial charge on any atom is 0.257 e. The number of aryl methyl sites for hydroxylation is 1. The summed E-state index contributed by atoms with van der Waals surface area (Å²) in [5.74, 6) is 2.34. The van der Waals surface area contributed by atoms with E-state index >= 15 is 0 Å². The number of amides is 1. The van der Waals surface area contributed by atoms with E-state index in [4.69, 9.17) is 5.73 Å². The molecule has 1 amide bonds. The van der Waals surface area contributed by atoms with Gasteiger partial charge in [-0.15, -0.1) is 0 Å². The third kappa shape index (κ3) is 2.32. The van der Waals surface area contributed by atoms with E-state index in [9.17, 15) is 4.79 Å². The Balaban J connectivity index is 2.02. The molecule has 2 heterocycles. The molecule has 1 aliphatic rings. The Labute approximate surface area is 98.6 Å². The number of nitrogen functional groups attached to an aromatic ring is 1. The van der Waals surface area contributed by atoms with Gasteiger partial charge in [0.05, 0.1) is 0 Å². The van der Waals surface area contributed by atoms with Gasteiger partial charge in [-0.25, -0.2) is 0 Å². The van der Waals surface area contributed by atoms with Crippen LogP contribution < -0.4 is 11.1 Å². The van der Waals surface area contributed by atoms with Crippen LogP contribution in [0.4, 0.5) is 5.82 Å². The Morgan fingerprint density at radius 2 is 2.50 bits per heavy atom. The summed E-state index contributed by atoms with van der Waals surface area (Å²) in [6.07, 6.45) is 2.21. The van der Waals surface area contributed by atoms with Crippen LogP contribution in [-0.4, -0.2) is 33.7 Å². The summed E-state index contributed by atoms with van der Waals surface area (Å²) in [6, 6.07) is 0.264. The van der Waals surface area contributed by atoms with Gasteiger partial charge in [0.1, 0.15) is 5.56 Å². The second-order valence-electron chi connectivity index (χ2n) is 4.00. The molecule has 88 valence electrons. The summed E-state index contributed by atoms with van der Waals surface area (Å²) in [5, 5.41) is 9.53. The maximum absolute atomic E-state index is 12.0. The summed E-state index contributed by atoms with van der Waals surface area (Å²) in [4.78, 5) is 12.0. The van der Waals surface area contributed by atoms with Crippen LogP contribution in [0.1, 0.15) is 28.9 Å². The largest absolute Gasteiger partial charge is 0.382 e. The average Bonchev–Trinajstić information content (AvgIpc) is 2.60. The van der Waals surface area contributed by atoms with Gasteiger partial charge in [-0.3, -0.25) is 9.89 Å². The van der Waals surface area contributed by atoms with Gasteiger partial charge in [0.25, 0.3) is 5.91 Å². The Bertz CT molecular complexity index is 365. The highest BCUT2D eigenvalue weighted by atomic mass is 32.2. The van der Waals surface area contributed by atoms with Crippen LogP contribution in [0, 0.1) is 6.92 Å². The summed E-state index contributed by atoms with van der Waals surface area (Å²) in [5.41, 5.74) is 6.84. The van der Waals surface area contributed by atoms with E-state index in [-0.39, 0.29) is 17.8 Å². The predicted molar refractivity (Wildman–Crippen MR) is 65.6 cm³/mol. The minimum atomic E-state index is -0.115. The number of nitrogens with two attached hydrogens (primary N) is 1. The SMILES string of the molecule is Cc1[nH]nc(N)c1C(=O)NC1CCCSC1. The lowest BCUT2D eigenvalue weighted by atomic mass is 10.1. The number of nitrogens with one attached hydrogen (secondary N) is 2. The monoisotopic (exact) mass is 240 g/mol. The lowest BCUT2D eigenvalue weighted by Gasteiger charge is -2.22. The molecule has 4 N–H and O–H groups in total. The van der Waals surface area contributed by atoms with Gasteiger partial charge in [-0.05, 0) is 25.5 Å². The molecule has 1 saturated heterocycles. The lowest BCUT2D eigenvalue weighted by Crippen LogP contribution is -2.38. The minimum Gasteiger partial charge on any atom is -0.382 e. The fraction of sp³-hybridized carbons (Fsp3) is 0.600. The maximum atomic E-state index is 12.0. The van der Waals surface area contributed by atoms with E-state index in [1.54, 1.807) is 6.92 Å². The molecule has 1 aromatic rings. The fourth-order valence-electron chi connectivity index (χ4n) is 1.85. The number of H-pyrrole nitrogens is 1. The van der Waals surface area contributed by atoms with Crippen molar-refractivity contribution >= 4 is 23.5 Å². The number of rotatable bonds is 2. The van der Waals surface area contributed by atoms with Crippen LogP contribution in [-0.2, 0) is 0 Å². The number of nitrogens with zero attached hydrogens (tertiary/aromatic N) is 1. The summed E-state index contributed by atoms with van der Waals surface area (Å²) < 4.78 is 0. The molecule has 1 aliphatic heterocycles. The molecule has 0 aromatic carbocycles. The average molecular weight is 240 g/mol. The van der Waals surface area contributed by atoms with Crippen molar-refractivity contribution in [2.75, 3.05) is 17.2 Å². The van der Waals surface area contributed by atoms with E-state index < -0.39 is 0 Å². The fourth-order valence-corrected chi connectivity index (χ4v) is 2.92. The number of hydrogen-bond donors (Lipinski definition) is 3. The number of anilines is 1. The zero-order valence-corrected chi connectivity index (χ0v) is 10.1. The highest BCUT2D eigenvalue weighted by molar-refractivity contribution is 7.99. The highest BCUT2D eigenvalue weighted by Crippen LogP contribution is 2.18. The molecule has 1 fully saturated rings. The molecule has 0 aliphatic carbocycles. The molecule has 0 radical (unpaired) electrons. The molecule has 0 bridgehead atoms. The van der Waals surface area contributed by atoms with E-state index in [0.29, 0.717) is 5.56 Å². The molecule has 0 spiro atoms. The number of aromatic nitrogens is 2. The first-order valence-electron chi connectivity index (χ1n) is 5.37. The number of carbonyl (C=O) groups is 1. The molecule has 1 atom stereocenters. The van der Waals surface area contributed by atoms with Crippen molar-refractivity contribution in [1.82, 2.24) is 15.5 Å². The first-order valence-corrected chi connectivity index (χ1v) is 6.53. The second-order valence-corrected chi connectivity index (χ2v) is 5.15. The van der Waals surface area contributed by atoms with Gasteiger partial charge in [0.2, 0.25) is 0 Å². The number of thioether (sulfide) groups is 1.